The molecule has 0 spiro atoms. The quantitative estimate of drug-likeness (QED) is 0.848. The molecule has 24 heavy (non-hydrogen) atoms. The van der Waals surface area contributed by atoms with Crippen LogP contribution < -0.4 is 14.8 Å². The third kappa shape index (κ3) is 4.99. The highest BCUT2D eigenvalue weighted by molar-refractivity contribution is 5.92. The predicted molar refractivity (Wildman–Crippen MR) is 91.5 cm³/mol. The van der Waals surface area contributed by atoms with E-state index < -0.39 is 0 Å². The Morgan fingerprint density at radius 1 is 1.08 bits per heavy atom. The lowest BCUT2D eigenvalue weighted by molar-refractivity contribution is -0.118. The highest BCUT2D eigenvalue weighted by Crippen LogP contribution is 2.19. The molecule has 1 amide bonds. The van der Waals surface area contributed by atoms with Gasteiger partial charge in [-0.25, -0.2) is 0 Å². The maximum Gasteiger partial charge on any atom is 0.262 e. The number of para-hydroxylation sites is 1. The van der Waals surface area contributed by atoms with Crippen molar-refractivity contribution in [3.63, 3.8) is 0 Å². The molecule has 0 radical (unpaired) electrons. The molecule has 1 saturated heterocycles. The largest absolute Gasteiger partial charge is 0.491 e. The van der Waals surface area contributed by atoms with E-state index >= 15 is 0 Å². The summed E-state index contributed by atoms with van der Waals surface area (Å²) >= 11 is 0. The standard InChI is InChI=1S/C19H21NO4/c21-19(14-24-16-7-2-1-3-8-16)20-15-6-4-9-17(12-15)23-13-18-10-5-11-22-18/h1-4,6-9,12,18H,5,10-11,13-14H2,(H,20,21). The molecule has 2 aromatic carbocycles. The van der Waals surface area contributed by atoms with Gasteiger partial charge in [-0.2, -0.15) is 0 Å². The maximum atomic E-state index is 12.0. The zero-order valence-corrected chi connectivity index (χ0v) is 13.4. The summed E-state index contributed by atoms with van der Waals surface area (Å²) in [5, 5.41) is 2.81. The molecule has 1 unspecified atom stereocenters. The third-order valence-corrected chi connectivity index (χ3v) is 3.69. The van der Waals surface area contributed by atoms with E-state index in [4.69, 9.17) is 14.2 Å². The number of ether oxygens (including phenoxy) is 3. The van der Waals surface area contributed by atoms with Crippen LogP contribution >= 0.6 is 0 Å². The normalized spacial score (nSPS) is 16.6. The molecule has 5 nitrogen and oxygen atoms in total. The molecule has 1 aliphatic heterocycles. The number of carbonyl (C=O) groups excluding carboxylic acids is 1. The van der Waals surface area contributed by atoms with Gasteiger partial charge < -0.3 is 19.5 Å². The summed E-state index contributed by atoms with van der Waals surface area (Å²) in [5.74, 6) is 1.17. The first-order valence-electron chi connectivity index (χ1n) is 8.12. The van der Waals surface area contributed by atoms with Crippen molar-refractivity contribution in [3.8, 4) is 11.5 Å². The average Bonchev–Trinajstić information content (AvgIpc) is 3.13. The fraction of sp³-hybridized carbons (Fsp3) is 0.316. The zero-order valence-electron chi connectivity index (χ0n) is 13.4. The second-order valence-corrected chi connectivity index (χ2v) is 5.62. The molecule has 0 saturated carbocycles. The Hall–Kier alpha value is -2.53. The van der Waals surface area contributed by atoms with Gasteiger partial charge in [-0.3, -0.25) is 4.79 Å². The van der Waals surface area contributed by atoms with Gasteiger partial charge in [0.25, 0.3) is 5.91 Å². The molecule has 0 aliphatic carbocycles. The topological polar surface area (TPSA) is 56.8 Å². The lowest BCUT2D eigenvalue weighted by Crippen LogP contribution is -2.20. The molecule has 1 aliphatic rings. The van der Waals surface area contributed by atoms with E-state index in [1.807, 2.05) is 48.5 Å². The first-order chi connectivity index (χ1) is 11.8. The first kappa shape index (κ1) is 16.3. The summed E-state index contributed by atoms with van der Waals surface area (Å²) in [5.41, 5.74) is 0.682. The minimum Gasteiger partial charge on any atom is -0.491 e. The van der Waals surface area contributed by atoms with Crippen LogP contribution in [0.2, 0.25) is 0 Å². The van der Waals surface area contributed by atoms with E-state index in [-0.39, 0.29) is 18.6 Å². The van der Waals surface area contributed by atoms with Gasteiger partial charge in [0, 0.05) is 18.4 Å². The summed E-state index contributed by atoms with van der Waals surface area (Å²) in [6.45, 7) is 1.31. The van der Waals surface area contributed by atoms with E-state index in [1.54, 1.807) is 6.07 Å². The monoisotopic (exact) mass is 327 g/mol. The van der Waals surface area contributed by atoms with Crippen molar-refractivity contribution < 1.29 is 19.0 Å². The van der Waals surface area contributed by atoms with E-state index in [0.29, 0.717) is 23.8 Å². The Morgan fingerprint density at radius 3 is 2.71 bits per heavy atom. The molecule has 0 aromatic heterocycles. The number of benzene rings is 2. The molecule has 1 N–H and O–H groups in total. The smallest absolute Gasteiger partial charge is 0.262 e. The van der Waals surface area contributed by atoms with Gasteiger partial charge >= 0.3 is 0 Å². The molecular weight excluding hydrogens is 306 g/mol. The summed E-state index contributed by atoms with van der Waals surface area (Å²) < 4.78 is 16.7. The molecule has 126 valence electrons. The highest BCUT2D eigenvalue weighted by atomic mass is 16.5. The second-order valence-electron chi connectivity index (χ2n) is 5.62. The lowest BCUT2D eigenvalue weighted by Gasteiger charge is -2.12. The van der Waals surface area contributed by atoms with Crippen LogP contribution in [0.5, 0.6) is 11.5 Å². The van der Waals surface area contributed by atoms with Crippen molar-refractivity contribution in [3.05, 3.63) is 54.6 Å². The Balaban J connectivity index is 1.47. The number of carbonyl (C=O) groups is 1. The van der Waals surface area contributed by atoms with Gasteiger partial charge in [-0.05, 0) is 37.1 Å². The van der Waals surface area contributed by atoms with Gasteiger partial charge in [0.2, 0.25) is 0 Å². The van der Waals surface area contributed by atoms with Crippen LogP contribution in [-0.4, -0.2) is 31.8 Å². The Bertz CT molecular complexity index is 653. The van der Waals surface area contributed by atoms with Crippen LogP contribution in [0.4, 0.5) is 5.69 Å². The molecule has 1 fully saturated rings. The van der Waals surface area contributed by atoms with Gasteiger partial charge in [0.15, 0.2) is 6.61 Å². The Labute approximate surface area is 141 Å². The van der Waals surface area contributed by atoms with Gasteiger partial charge in [0.1, 0.15) is 18.1 Å². The van der Waals surface area contributed by atoms with Crippen molar-refractivity contribution >= 4 is 11.6 Å². The lowest BCUT2D eigenvalue weighted by atomic mass is 10.2. The summed E-state index contributed by atoms with van der Waals surface area (Å²) in [6.07, 6.45) is 2.29. The number of nitrogens with one attached hydrogen (secondary N) is 1. The van der Waals surface area contributed by atoms with Crippen molar-refractivity contribution in [1.29, 1.82) is 0 Å². The second kappa shape index (κ2) is 8.36. The van der Waals surface area contributed by atoms with Gasteiger partial charge in [-0.1, -0.05) is 24.3 Å². The molecular formula is C19H21NO4. The summed E-state index contributed by atoms with van der Waals surface area (Å²) in [6, 6.07) is 16.6. The molecule has 1 heterocycles. The van der Waals surface area contributed by atoms with Crippen molar-refractivity contribution in [2.45, 2.75) is 18.9 Å². The number of amides is 1. The van der Waals surface area contributed by atoms with Crippen molar-refractivity contribution in [2.75, 3.05) is 25.1 Å². The fourth-order valence-corrected chi connectivity index (χ4v) is 2.49. The SMILES string of the molecule is O=C(COc1ccccc1)Nc1cccc(OCC2CCCO2)c1. The highest BCUT2D eigenvalue weighted by Gasteiger charge is 2.16. The van der Waals surface area contributed by atoms with Gasteiger partial charge in [-0.15, -0.1) is 0 Å². The van der Waals surface area contributed by atoms with Gasteiger partial charge in [0.05, 0.1) is 6.10 Å². The first-order valence-corrected chi connectivity index (χ1v) is 8.12. The van der Waals surface area contributed by atoms with Crippen molar-refractivity contribution in [1.82, 2.24) is 0 Å². The molecule has 2 aromatic rings. The zero-order chi connectivity index (χ0) is 16.6. The van der Waals surface area contributed by atoms with E-state index in [0.717, 1.165) is 19.4 Å². The van der Waals surface area contributed by atoms with Crippen LogP contribution in [0.25, 0.3) is 0 Å². The fourth-order valence-electron chi connectivity index (χ4n) is 2.49. The van der Waals surface area contributed by atoms with Crippen LogP contribution in [0.3, 0.4) is 0 Å². The Morgan fingerprint density at radius 2 is 1.92 bits per heavy atom. The molecule has 1 atom stereocenters. The van der Waals surface area contributed by atoms with Crippen LogP contribution in [0, 0.1) is 0 Å². The van der Waals surface area contributed by atoms with Crippen LogP contribution in [0.15, 0.2) is 54.6 Å². The number of hydrogen-bond acceptors (Lipinski definition) is 4. The van der Waals surface area contributed by atoms with Crippen LogP contribution in [-0.2, 0) is 9.53 Å². The van der Waals surface area contributed by atoms with Crippen molar-refractivity contribution in [2.24, 2.45) is 0 Å². The average molecular weight is 327 g/mol. The number of anilines is 1. The van der Waals surface area contributed by atoms with E-state index in [9.17, 15) is 4.79 Å². The van der Waals surface area contributed by atoms with E-state index in [1.165, 1.54) is 0 Å². The Kier molecular flexibility index (Phi) is 5.69. The minimum atomic E-state index is -0.213. The van der Waals surface area contributed by atoms with E-state index in [2.05, 4.69) is 5.32 Å². The maximum absolute atomic E-state index is 12.0. The third-order valence-electron chi connectivity index (χ3n) is 3.69. The minimum absolute atomic E-state index is 0.0367. The van der Waals surface area contributed by atoms with Crippen LogP contribution in [0.1, 0.15) is 12.8 Å². The summed E-state index contributed by atoms with van der Waals surface area (Å²) in [7, 11) is 0. The molecule has 5 heteroatoms. The number of hydrogen-bond donors (Lipinski definition) is 1. The molecule has 0 bridgehead atoms. The number of rotatable bonds is 7. The molecule has 3 rings (SSSR count). The predicted octanol–water partition coefficient (Wildman–Crippen LogP) is 3.26. The summed E-state index contributed by atoms with van der Waals surface area (Å²) in [4.78, 5) is 12.0.